The average Bonchev–Trinajstić information content (AvgIpc) is 3.02. The zero-order chi connectivity index (χ0) is 15.5. The second kappa shape index (κ2) is 6.39. The Labute approximate surface area is 132 Å². The topological polar surface area (TPSA) is 90.0 Å². The summed E-state index contributed by atoms with van der Waals surface area (Å²) in [5.41, 5.74) is 0.289. The quantitative estimate of drug-likeness (QED) is 0.503. The molecule has 116 valence electrons. The van der Waals surface area contributed by atoms with Crippen LogP contribution in [-0.4, -0.2) is 27.4 Å². The van der Waals surface area contributed by atoms with Gasteiger partial charge in [0.2, 0.25) is 5.91 Å². The minimum absolute atomic E-state index is 0.0423. The molecule has 3 rings (SSSR count). The standard InChI is InChI=1S/C15H18N4O2S/c16-19-14(21)11-7-3-4-8-12(11)18-15(19)22-9-13(20)17-10-5-1-2-6-10/h3-4,7-8,10H,1-2,5-6,9,16H2,(H,17,20). The first-order valence-electron chi connectivity index (χ1n) is 7.34. The van der Waals surface area contributed by atoms with Gasteiger partial charge in [-0.2, -0.15) is 0 Å². The summed E-state index contributed by atoms with van der Waals surface area (Å²) in [5, 5.41) is 3.83. The van der Waals surface area contributed by atoms with Gasteiger partial charge in [-0.25, -0.2) is 9.66 Å². The zero-order valence-corrected chi connectivity index (χ0v) is 12.9. The molecule has 0 unspecified atom stereocenters. The van der Waals surface area contributed by atoms with E-state index in [4.69, 9.17) is 5.84 Å². The predicted molar refractivity (Wildman–Crippen MR) is 87.3 cm³/mol. The summed E-state index contributed by atoms with van der Waals surface area (Å²) in [6.45, 7) is 0. The molecule has 22 heavy (non-hydrogen) atoms. The summed E-state index contributed by atoms with van der Waals surface area (Å²) in [7, 11) is 0. The Morgan fingerprint density at radius 3 is 2.86 bits per heavy atom. The number of carbonyl (C=O) groups is 1. The van der Waals surface area contributed by atoms with Crippen LogP contribution in [0.5, 0.6) is 0 Å². The molecule has 1 amide bonds. The van der Waals surface area contributed by atoms with Crippen molar-refractivity contribution >= 4 is 28.6 Å². The van der Waals surface area contributed by atoms with Crippen molar-refractivity contribution in [2.24, 2.45) is 0 Å². The van der Waals surface area contributed by atoms with Gasteiger partial charge in [0.1, 0.15) is 0 Å². The normalized spacial score (nSPS) is 15.3. The highest BCUT2D eigenvalue weighted by molar-refractivity contribution is 7.99. The van der Waals surface area contributed by atoms with E-state index in [0.29, 0.717) is 16.1 Å². The highest BCUT2D eigenvalue weighted by Gasteiger charge is 2.18. The Hall–Kier alpha value is -2.02. The second-order valence-electron chi connectivity index (χ2n) is 5.42. The van der Waals surface area contributed by atoms with E-state index in [-0.39, 0.29) is 23.3 Å². The van der Waals surface area contributed by atoms with Crippen LogP contribution in [0.1, 0.15) is 25.7 Å². The molecule has 1 saturated carbocycles. The van der Waals surface area contributed by atoms with Crippen molar-refractivity contribution in [2.75, 3.05) is 11.6 Å². The van der Waals surface area contributed by atoms with Gasteiger partial charge in [0.05, 0.1) is 16.7 Å². The van der Waals surface area contributed by atoms with Crippen molar-refractivity contribution < 1.29 is 4.79 Å². The molecule has 0 bridgehead atoms. The van der Waals surface area contributed by atoms with Crippen LogP contribution in [0.3, 0.4) is 0 Å². The van der Waals surface area contributed by atoms with Crippen LogP contribution in [-0.2, 0) is 4.79 Å². The molecule has 7 heteroatoms. The van der Waals surface area contributed by atoms with Crippen molar-refractivity contribution in [3.8, 4) is 0 Å². The van der Waals surface area contributed by atoms with Crippen LogP contribution in [0.4, 0.5) is 0 Å². The average molecular weight is 318 g/mol. The third-order valence-corrected chi connectivity index (χ3v) is 4.78. The molecule has 2 aromatic rings. The Morgan fingerprint density at radius 1 is 1.36 bits per heavy atom. The smallest absolute Gasteiger partial charge is 0.280 e. The van der Waals surface area contributed by atoms with Crippen LogP contribution in [0, 0.1) is 0 Å². The largest absolute Gasteiger partial charge is 0.353 e. The van der Waals surface area contributed by atoms with Crippen LogP contribution >= 0.6 is 11.8 Å². The van der Waals surface area contributed by atoms with Crippen molar-refractivity contribution in [2.45, 2.75) is 36.9 Å². The van der Waals surface area contributed by atoms with Gasteiger partial charge in [0, 0.05) is 6.04 Å². The minimum atomic E-state index is -0.302. The van der Waals surface area contributed by atoms with E-state index in [0.717, 1.165) is 17.5 Å². The lowest BCUT2D eigenvalue weighted by Gasteiger charge is -2.12. The number of hydrogen-bond donors (Lipinski definition) is 2. The van der Waals surface area contributed by atoms with E-state index >= 15 is 0 Å². The second-order valence-corrected chi connectivity index (χ2v) is 6.37. The van der Waals surface area contributed by atoms with Crippen molar-refractivity contribution in [3.63, 3.8) is 0 Å². The molecule has 0 atom stereocenters. The molecule has 6 nitrogen and oxygen atoms in total. The van der Waals surface area contributed by atoms with Crippen LogP contribution in [0.15, 0.2) is 34.2 Å². The number of thioether (sulfide) groups is 1. The molecule has 0 radical (unpaired) electrons. The van der Waals surface area contributed by atoms with E-state index in [2.05, 4.69) is 10.3 Å². The Kier molecular flexibility index (Phi) is 4.33. The van der Waals surface area contributed by atoms with Gasteiger partial charge in [-0.3, -0.25) is 9.59 Å². The molecule has 0 spiro atoms. The number of benzene rings is 1. The number of nitrogens with zero attached hydrogens (tertiary/aromatic N) is 2. The van der Waals surface area contributed by atoms with Crippen LogP contribution in [0.2, 0.25) is 0 Å². The highest BCUT2D eigenvalue weighted by Crippen LogP contribution is 2.19. The Balaban J connectivity index is 1.72. The zero-order valence-electron chi connectivity index (χ0n) is 12.1. The summed E-state index contributed by atoms with van der Waals surface area (Å²) < 4.78 is 1.01. The lowest BCUT2D eigenvalue weighted by molar-refractivity contribution is -0.119. The lowest BCUT2D eigenvalue weighted by atomic mass is 10.2. The number of fused-ring (bicyclic) bond motifs is 1. The maximum Gasteiger partial charge on any atom is 0.280 e. The van der Waals surface area contributed by atoms with Crippen LogP contribution in [0.25, 0.3) is 10.9 Å². The van der Waals surface area contributed by atoms with E-state index < -0.39 is 0 Å². The number of aromatic nitrogens is 2. The van der Waals surface area contributed by atoms with Gasteiger partial charge in [-0.15, -0.1) is 0 Å². The minimum Gasteiger partial charge on any atom is -0.353 e. The van der Waals surface area contributed by atoms with Crippen molar-refractivity contribution in [3.05, 3.63) is 34.6 Å². The predicted octanol–water partition coefficient (Wildman–Crippen LogP) is 1.26. The van der Waals surface area contributed by atoms with Gasteiger partial charge in [-0.1, -0.05) is 36.7 Å². The molecule has 1 aliphatic rings. The molecule has 0 aliphatic heterocycles. The summed E-state index contributed by atoms with van der Waals surface area (Å²) in [5.74, 6) is 5.95. The summed E-state index contributed by atoms with van der Waals surface area (Å²) >= 11 is 1.18. The Bertz CT molecular complexity index is 753. The van der Waals surface area contributed by atoms with Gasteiger partial charge in [-0.05, 0) is 25.0 Å². The van der Waals surface area contributed by atoms with Crippen LogP contribution < -0.4 is 16.7 Å². The summed E-state index contributed by atoms with van der Waals surface area (Å²) in [6.07, 6.45) is 4.44. The molecule has 3 N–H and O–H groups in total. The van der Waals surface area contributed by atoms with Gasteiger partial charge in [0.25, 0.3) is 5.56 Å². The Morgan fingerprint density at radius 2 is 2.09 bits per heavy atom. The molecule has 1 aliphatic carbocycles. The third kappa shape index (κ3) is 3.09. The fraction of sp³-hybridized carbons (Fsp3) is 0.400. The van der Waals surface area contributed by atoms with Gasteiger partial charge < -0.3 is 11.2 Å². The van der Waals surface area contributed by atoms with Gasteiger partial charge >= 0.3 is 0 Å². The maximum atomic E-state index is 12.2. The number of nitrogens with two attached hydrogens (primary N) is 1. The molecule has 1 heterocycles. The fourth-order valence-corrected chi connectivity index (χ4v) is 3.43. The number of carbonyl (C=O) groups excluding carboxylic acids is 1. The fourth-order valence-electron chi connectivity index (χ4n) is 2.70. The lowest BCUT2D eigenvalue weighted by Crippen LogP contribution is -2.34. The molecule has 1 fully saturated rings. The first kappa shape index (κ1) is 14.9. The number of hydrogen-bond acceptors (Lipinski definition) is 5. The SMILES string of the molecule is Nn1c(SCC(=O)NC2CCCC2)nc2ccccc2c1=O. The number of para-hydroxylation sites is 1. The summed E-state index contributed by atoms with van der Waals surface area (Å²) in [6, 6.07) is 7.33. The number of nitrogen functional groups attached to an aromatic ring is 1. The third-order valence-electron chi connectivity index (χ3n) is 3.83. The molecular weight excluding hydrogens is 300 g/mol. The van der Waals surface area contributed by atoms with Crippen molar-refractivity contribution in [1.82, 2.24) is 15.0 Å². The molecule has 1 aromatic carbocycles. The number of amides is 1. The monoisotopic (exact) mass is 318 g/mol. The summed E-state index contributed by atoms with van der Waals surface area (Å²) in [4.78, 5) is 28.5. The number of nitrogens with one attached hydrogen (secondary N) is 1. The van der Waals surface area contributed by atoms with E-state index in [9.17, 15) is 9.59 Å². The van der Waals surface area contributed by atoms with E-state index in [1.807, 2.05) is 6.07 Å². The maximum absolute atomic E-state index is 12.2. The molecule has 1 aromatic heterocycles. The first-order chi connectivity index (χ1) is 10.6. The molecule has 0 saturated heterocycles. The highest BCUT2D eigenvalue weighted by atomic mass is 32.2. The van der Waals surface area contributed by atoms with E-state index in [1.54, 1.807) is 18.2 Å². The number of rotatable bonds is 4. The van der Waals surface area contributed by atoms with Gasteiger partial charge in [0.15, 0.2) is 5.16 Å². The van der Waals surface area contributed by atoms with E-state index in [1.165, 1.54) is 24.6 Å². The first-order valence-corrected chi connectivity index (χ1v) is 8.33. The van der Waals surface area contributed by atoms with Crippen molar-refractivity contribution in [1.29, 1.82) is 0 Å². The molecular formula is C15H18N4O2S.